The van der Waals surface area contributed by atoms with Crippen LogP contribution in [0.4, 0.5) is 0 Å². The molecule has 2 heterocycles. The third-order valence-electron chi connectivity index (χ3n) is 3.44. The number of carbonyl (C=O) groups excluding carboxylic acids is 1. The summed E-state index contributed by atoms with van der Waals surface area (Å²) in [6.07, 6.45) is 3.59. The SMILES string of the molecule is CN(C)CCN(Cc1cccnc1)C(=O)C1CSCCN1. The molecule has 5 nitrogen and oxygen atoms in total. The molecule has 1 aliphatic rings. The van der Waals surface area contributed by atoms with Crippen LogP contribution in [0.5, 0.6) is 0 Å². The topological polar surface area (TPSA) is 48.5 Å². The fourth-order valence-electron chi connectivity index (χ4n) is 2.24. The van der Waals surface area contributed by atoms with Gasteiger partial charge in [0.25, 0.3) is 0 Å². The van der Waals surface area contributed by atoms with E-state index in [-0.39, 0.29) is 11.9 Å². The van der Waals surface area contributed by atoms with Gasteiger partial charge in [0.05, 0.1) is 6.04 Å². The molecular weight excluding hydrogens is 284 g/mol. The molecule has 0 aliphatic carbocycles. The quantitative estimate of drug-likeness (QED) is 0.837. The number of rotatable bonds is 6. The predicted octanol–water partition coefficient (Wildman–Crippen LogP) is 0.677. The van der Waals surface area contributed by atoms with Gasteiger partial charge in [-0.15, -0.1) is 0 Å². The summed E-state index contributed by atoms with van der Waals surface area (Å²) in [4.78, 5) is 20.9. The van der Waals surface area contributed by atoms with Crippen LogP contribution >= 0.6 is 11.8 Å². The molecule has 0 saturated carbocycles. The van der Waals surface area contributed by atoms with Gasteiger partial charge >= 0.3 is 0 Å². The van der Waals surface area contributed by atoms with E-state index in [0.717, 1.165) is 36.7 Å². The molecule has 1 N–H and O–H groups in total. The maximum Gasteiger partial charge on any atom is 0.240 e. The number of carbonyl (C=O) groups is 1. The van der Waals surface area contributed by atoms with E-state index in [1.165, 1.54) is 0 Å². The average molecular weight is 308 g/mol. The third-order valence-corrected chi connectivity index (χ3v) is 4.51. The Bertz CT molecular complexity index is 435. The first-order valence-electron chi connectivity index (χ1n) is 7.30. The Morgan fingerprint density at radius 1 is 1.48 bits per heavy atom. The van der Waals surface area contributed by atoms with Crippen molar-refractivity contribution in [3.8, 4) is 0 Å². The van der Waals surface area contributed by atoms with Crippen molar-refractivity contribution in [2.24, 2.45) is 0 Å². The van der Waals surface area contributed by atoms with Gasteiger partial charge in [-0.3, -0.25) is 9.78 Å². The molecule has 1 atom stereocenters. The highest BCUT2D eigenvalue weighted by Crippen LogP contribution is 2.12. The normalized spacial score (nSPS) is 18.7. The number of hydrogen-bond acceptors (Lipinski definition) is 5. The predicted molar refractivity (Wildman–Crippen MR) is 87.3 cm³/mol. The van der Waals surface area contributed by atoms with Gasteiger partial charge in [-0.05, 0) is 25.7 Å². The van der Waals surface area contributed by atoms with Crippen LogP contribution in [0.25, 0.3) is 0 Å². The summed E-state index contributed by atoms with van der Waals surface area (Å²) in [6.45, 7) is 3.15. The number of nitrogens with zero attached hydrogens (tertiary/aromatic N) is 3. The fourth-order valence-corrected chi connectivity index (χ4v) is 3.17. The minimum atomic E-state index is -0.0532. The lowest BCUT2D eigenvalue weighted by molar-refractivity contribution is -0.133. The molecule has 0 spiro atoms. The molecule has 1 aliphatic heterocycles. The highest BCUT2D eigenvalue weighted by molar-refractivity contribution is 7.99. The van der Waals surface area contributed by atoms with E-state index in [4.69, 9.17) is 0 Å². The molecule has 1 aromatic heterocycles. The molecule has 0 aromatic carbocycles. The summed E-state index contributed by atoms with van der Waals surface area (Å²) >= 11 is 1.85. The monoisotopic (exact) mass is 308 g/mol. The van der Waals surface area contributed by atoms with Crippen LogP contribution in [0.1, 0.15) is 5.56 Å². The molecule has 1 amide bonds. The Kier molecular flexibility index (Phi) is 6.48. The van der Waals surface area contributed by atoms with Crippen LogP contribution < -0.4 is 5.32 Å². The van der Waals surface area contributed by atoms with E-state index in [1.54, 1.807) is 6.20 Å². The Hall–Kier alpha value is -1.11. The minimum Gasteiger partial charge on any atom is -0.336 e. The number of aromatic nitrogens is 1. The van der Waals surface area contributed by atoms with E-state index in [0.29, 0.717) is 6.54 Å². The molecule has 116 valence electrons. The number of amides is 1. The maximum absolute atomic E-state index is 12.7. The zero-order valence-corrected chi connectivity index (χ0v) is 13.6. The molecule has 1 unspecified atom stereocenters. The zero-order valence-electron chi connectivity index (χ0n) is 12.8. The summed E-state index contributed by atoms with van der Waals surface area (Å²) in [6, 6.07) is 3.88. The van der Waals surface area contributed by atoms with E-state index in [1.807, 2.05) is 49.1 Å². The van der Waals surface area contributed by atoms with Crippen molar-refractivity contribution >= 4 is 17.7 Å². The molecule has 1 fully saturated rings. The molecule has 0 radical (unpaired) electrons. The van der Waals surface area contributed by atoms with Crippen molar-refractivity contribution < 1.29 is 4.79 Å². The van der Waals surface area contributed by atoms with Gasteiger partial charge in [0.1, 0.15) is 0 Å². The third kappa shape index (κ3) is 5.30. The molecule has 0 bridgehead atoms. The number of pyridine rings is 1. The van der Waals surface area contributed by atoms with Crippen LogP contribution in [-0.2, 0) is 11.3 Å². The fraction of sp³-hybridized carbons (Fsp3) is 0.600. The average Bonchev–Trinajstić information content (AvgIpc) is 2.52. The number of likely N-dealkylation sites (N-methyl/N-ethyl adjacent to an activating group) is 1. The molecule has 2 rings (SSSR count). The first-order chi connectivity index (χ1) is 10.2. The number of nitrogens with one attached hydrogen (secondary N) is 1. The lowest BCUT2D eigenvalue weighted by Gasteiger charge is -2.30. The summed E-state index contributed by atoms with van der Waals surface area (Å²) < 4.78 is 0. The van der Waals surface area contributed by atoms with Crippen molar-refractivity contribution in [1.82, 2.24) is 20.1 Å². The smallest absolute Gasteiger partial charge is 0.240 e. The van der Waals surface area contributed by atoms with Crippen molar-refractivity contribution in [2.45, 2.75) is 12.6 Å². The Morgan fingerprint density at radius 2 is 2.33 bits per heavy atom. The van der Waals surface area contributed by atoms with E-state index in [9.17, 15) is 4.79 Å². The first kappa shape index (κ1) is 16.3. The van der Waals surface area contributed by atoms with Gasteiger partial charge in [-0.25, -0.2) is 0 Å². The van der Waals surface area contributed by atoms with Crippen molar-refractivity contribution in [2.75, 3.05) is 45.2 Å². The van der Waals surface area contributed by atoms with E-state index >= 15 is 0 Å². The highest BCUT2D eigenvalue weighted by Gasteiger charge is 2.26. The molecule has 1 saturated heterocycles. The summed E-state index contributed by atoms with van der Waals surface area (Å²) in [5.74, 6) is 2.15. The molecule has 1 aromatic rings. The summed E-state index contributed by atoms with van der Waals surface area (Å²) in [7, 11) is 4.06. The lowest BCUT2D eigenvalue weighted by Crippen LogP contribution is -2.51. The summed E-state index contributed by atoms with van der Waals surface area (Å²) in [5, 5.41) is 3.33. The van der Waals surface area contributed by atoms with Gasteiger partial charge in [0.2, 0.25) is 5.91 Å². The Labute approximate surface area is 131 Å². The van der Waals surface area contributed by atoms with E-state index in [2.05, 4.69) is 15.2 Å². The van der Waals surface area contributed by atoms with Crippen molar-refractivity contribution in [3.63, 3.8) is 0 Å². The Balaban J connectivity index is 2.01. The second kappa shape index (κ2) is 8.36. The first-order valence-corrected chi connectivity index (χ1v) is 8.46. The van der Waals surface area contributed by atoms with Gasteiger partial charge < -0.3 is 15.1 Å². The van der Waals surface area contributed by atoms with Crippen LogP contribution in [0.2, 0.25) is 0 Å². The van der Waals surface area contributed by atoms with Crippen molar-refractivity contribution in [3.05, 3.63) is 30.1 Å². The summed E-state index contributed by atoms with van der Waals surface area (Å²) in [5.41, 5.74) is 1.08. The second-order valence-electron chi connectivity index (χ2n) is 5.51. The molecule has 21 heavy (non-hydrogen) atoms. The lowest BCUT2D eigenvalue weighted by atomic mass is 10.2. The molecular formula is C15H24N4OS. The zero-order chi connectivity index (χ0) is 15.1. The standard InChI is InChI=1S/C15H24N4OS/c1-18(2)7-8-19(11-13-4-3-5-16-10-13)15(20)14-12-21-9-6-17-14/h3-5,10,14,17H,6-9,11-12H2,1-2H3. The maximum atomic E-state index is 12.7. The van der Waals surface area contributed by atoms with Crippen molar-refractivity contribution in [1.29, 1.82) is 0 Å². The number of hydrogen-bond donors (Lipinski definition) is 1. The van der Waals surface area contributed by atoms with Crippen LogP contribution in [0, 0.1) is 0 Å². The second-order valence-corrected chi connectivity index (χ2v) is 6.66. The Morgan fingerprint density at radius 3 is 2.95 bits per heavy atom. The largest absolute Gasteiger partial charge is 0.336 e. The van der Waals surface area contributed by atoms with Gasteiger partial charge in [0.15, 0.2) is 0 Å². The minimum absolute atomic E-state index is 0.0532. The molecule has 6 heteroatoms. The van der Waals surface area contributed by atoms with Gasteiger partial charge in [-0.2, -0.15) is 11.8 Å². The van der Waals surface area contributed by atoms with Crippen LogP contribution in [-0.4, -0.2) is 72.0 Å². The van der Waals surface area contributed by atoms with Crippen LogP contribution in [0.15, 0.2) is 24.5 Å². The van der Waals surface area contributed by atoms with Gasteiger partial charge in [0, 0.05) is 50.1 Å². The van der Waals surface area contributed by atoms with Gasteiger partial charge in [-0.1, -0.05) is 6.07 Å². The number of thioether (sulfide) groups is 1. The van der Waals surface area contributed by atoms with E-state index < -0.39 is 0 Å². The van der Waals surface area contributed by atoms with Crippen LogP contribution in [0.3, 0.4) is 0 Å². The highest BCUT2D eigenvalue weighted by atomic mass is 32.2.